The number of imidazole rings is 1. The predicted octanol–water partition coefficient (Wildman–Crippen LogP) is 3.87. The molecule has 1 N–H and O–H groups in total. The van der Waals surface area contributed by atoms with Crippen molar-refractivity contribution in [1.82, 2.24) is 14.5 Å². The van der Waals surface area contributed by atoms with E-state index in [2.05, 4.69) is 20.5 Å². The molecule has 24 heavy (non-hydrogen) atoms. The highest BCUT2D eigenvalue weighted by atomic mass is 15.3. The number of nitrogens with one attached hydrogen (secondary N) is 1. The normalized spacial score (nSPS) is 11.2. The number of hydrogen-bond donors (Lipinski definition) is 1. The van der Waals surface area contributed by atoms with Crippen molar-refractivity contribution in [2.45, 2.75) is 0 Å². The minimum atomic E-state index is 0.722. The summed E-state index contributed by atoms with van der Waals surface area (Å²) >= 11 is 0. The van der Waals surface area contributed by atoms with Crippen LogP contribution in [0.5, 0.6) is 0 Å². The molecule has 2 heterocycles. The molecule has 2 aromatic carbocycles. The summed E-state index contributed by atoms with van der Waals surface area (Å²) in [6.07, 6.45) is 7.22. The summed E-state index contributed by atoms with van der Waals surface area (Å²) in [5.74, 6) is 0.722. The van der Waals surface area contributed by atoms with Crippen molar-refractivity contribution in [1.29, 1.82) is 0 Å². The number of hydrazone groups is 1. The van der Waals surface area contributed by atoms with Gasteiger partial charge < -0.3 is 4.57 Å². The standard InChI is InChI=1S/C19H15N5/c1-2-4-18-16(3-1)7-10-19(22-18)23-21-13-15-5-8-17(9-6-15)24-12-11-20-14-24/h1-14H,(H,22,23). The topological polar surface area (TPSA) is 55.1 Å². The highest BCUT2D eigenvalue weighted by Gasteiger charge is 1.97. The van der Waals surface area contributed by atoms with Gasteiger partial charge in [0.15, 0.2) is 0 Å². The van der Waals surface area contributed by atoms with Gasteiger partial charge in [-0.3, -0.25) is 5.43 Å². The summed E-state index contributed by atoms with van der Waals surface area (Å²) in [5.41, 5.74) is 5.99. The number of hydrogen-bond acceptors (Lipinski definition) is 4. The number of anilines is 1. The molecule has 2 aromatic heterocycles. The van der Waals surface area contributed by atoms with Crippen LogP contribution in [-0.4, -0.2) is 20.7 Å². The van der Waals surface area contributed by atoms with Crippen LogP contribution in [0.25, 0.3) is 16.6 Å². The maximum Gasteiger partial charge on any atom is 0.146 e. The van der Waals surface area contributed by atoms with E-state index in [1.165, 1.54) is 0 Å². The van der Waals surface area contributed by atoms with Crippen LogP contribution in [0.3, 0.4) is 0 Å². The quantitative estimate of drug-likeness (QED) is 0.460. The lowest BCUT2D eigenvalue weighted by molar-refractivity contribution is 1.06. The molecule has 0 aliphatic carbocycles. The minimum Gasteiger partial charge on any atom is -0.306 e. The zero-order valence-corrected chi connectivity index (χ0v) is 12.9. The highest BCUT2D eigenvalue weighted by Crippen LogP contribution is 2.14. The lowest BCUT2D eigenvalue weighted by atomic mass is 10.2. The number of rotatable bonds is 4. The Kier molecular flexibility index (Phi) is 3.73. The minimum absolute atomic E-state index is 0.722. The lowest BCUT2D eigenvalue weighted by Gasteiger charge is -2.03. The third kappa shape index (κ3) is 3.01. The summed E-state index contributed by atoms with van der Waals surface area (Å²) in [4.78, 5) is 8.56. The molecule has 0 fully saturated rings. The smallest absolute Gasteiger partial charge is 0.146 e. The number of pyridine rings is 1. The van der Waals surface area contributed by atoms with Crippen LogP contribution in [0, 0.1) is 0 Å². The zero-order chi connectivity index (χ0) is 16.2. The summed E-state index contributed by atoms with van der Waals surface area (Å²) in [7, 11) is 0. The third-order valence-corrected chi connectivity index (χ3v) is 3.69. The first-order valence-electron chi connectivity index (χ1n) is 7.62. The fourth-order valence-corrected chi connectivity index (χ4v) is 2.45. The fraction of sp³-hybridized carbons (Fsp3) is 0. The van der Waals surface area contributed by atoms with Crippen LogP contribution in [0.2, 0.25) is 0 Å². The molecular weight excluding hydrogens is 298 g/mol. The summed E-state index contributed by atoms with van der Waals surface area (Å²) < 4.78 is 1.96. The van der Waals surface area contributed by atoms with Gasteiger partial charge in [0, 0.05) is 23.5 Å². The van der Waals surface area contributed by atoms with Crippen molar-refractivity contribution >= 4 is 22.9 Å². The first kappa shape index (κ1) is 14.1. The van der Waals surface area contributed by atoms with Crippen LogP contribution < -0.4 is 5.43 Å². The average Bonchev–Trinajstić information content (AvgIpc) is 3.17. The predicted molar refractivity (Wildman–Crippen MR) is 96.5 cm³/mol. The molecule has 4 aromatic rings. The molecule has 0 radical (unpaired) electrons. The van der Waals surface area contributed by atoms with Crippen molar-refractivity contribution in [3.63, 3.8) is 0 Å². The van der Waals surface area contributed by atoms with Gasteiger partial charge in [-0.1, -0.05) is 30.3 Å². The summed E-state index contributed by atoms with van der Waals surface area (Å²) in [6.45, 7) is 0. The van der Waals surface area contributed by atoms with E-state index < -0.39 is 0 Å². The van der Waals surface area contributed by atoms with E-state index in [0.717, 1.165) is 28.0 Å². The molecule has 0 unspecified atom stereocenters. The van der Waals surface area contributed by atoms with E-state index in [1.807, 2.05) is 71.4 Å². The second-order valence-electron chi connectivity index (χ2n) is 5.32. The Labute approximate surface area is 139 Å². The van der Waals surface area contributed by atoms with Gasteiger partial charge in [-0.05, 0) is 35.9 Å². The van der Waals surface area contributed by atoms with Gasteiger partial charge in [-0.25, -0.2) is 9.97 Å². The Hall–Kier alpha value is -3.47. The van der Waals surface area contributed by atoms with Crippen LogP contribution in [0.15, 0.2) is 84.5 Å². The second-order valence-corrected chi connectivity index (χ2v) is 5.32. The maximum atomic E-state index is 4.52. The average molecular weight is 313 g/mol. The van der Waals surface area contributed by atoms with E-state index in [1.54, 1.807) is 18.7 Å². The Morgan fingerprint density at radius 1 is 0.958 bits per heavy atom. The maximum absolute atomic E-state index is 4.52. The SMILES string of the molecule is C(=NNc1ccc2ccccc2n1)c1ccc(-n2ccnc2)cc1. The van der Waals surface area contributed by atoms with Crippen molar-refractivity contribution in [3.8, 4) is 5.69 Å². The molecule has 0 spiro atoms. The first-order chi connectivity index (χ1) is 11.9. The number of para-hydroxylation sites is 1. The van der Waals surface area contributed by atoms with Gasteiger partial charge in [-0.15, -0.1) is 0 Å². The van der Waals surface area contributed by atoms with Crippen LogP contribution in [0.4, 0.5) is 5.82 Å². The fourth-order valence-electron chi connectivity index (χ4n) is 2.45. The van der Waals surface area contributed by atoms with Crippen molar-refractivity contribution in [2.24, 2.45) is 5.10 Å². The summed E-state index contributed by atoms with van der Waals surface area (Å²) in [5, 5.41) is 5.37. The molecule has 5 nitrogen and oxygen atoms in total. The largest absolute Gasteiger partial charge is 0.306 e. The van der Waals surface area contributed by atoms with Crippen LogP contribution >= 0.6 is 0 Å². The Morgan fingerprint density at radius 2 is 1.83 bits per heavy atom. The molecule has 0 aliphatic heterocycles. The van der Waals surface area contributed by atoms with E-state index in [4.69, 9.17) is 0 Å². The van der Waals surface area contributed by atoms with Gasteiger partial charge >= 0.3 is 0 Å². The number of fused-ring (bicyclic) bond motifs is 1. The van der Waals surface area contributed by atoms with E-state index >= 15 is 0 Å². The Bertz CT molecular complexity index is 972. The number of aromatic nitrogens is 3. The molecule has 0 saturated carbocycles. The number of nitrogens with zero attached hydrogens (tertiary/aromatic N) is 4. The Balaban J connectivity index is 1.46. The Morgan fingerprint density at radius 3 is 2.67 bits per heavy atom. The van der Waals surface area contributed by atoms with Gasteiger partial charge in [0.25, 0.3) is 0 Å². The van der Waals surface area contributed by atoms with E-state index in [9.17, 15) is 0 Å². The zero-order valence-electron chi connectivity index (χ0n) is 12.9. The molecule has 116 valence electrons. The van der Waals surface area contributed by atoms with Gasteiger partial charge in [0.05, 0.1) is 18.1 Å². The molecular formula is C19H15N5. The van der Waals surface area contributed by atoms with Gasteiger partial charge in [0.2, 0.25) is 0 Å². The summed E-state index contributed by atoms with van der Waals surface area (Å²) in [6, 6.07) is 20.0. The third-order valence-electron chi connectivity index (χ3n) is 3.69. The van der Waals surface area contributed by atoms with Gasteiger partial charge in [-0.2, -0.15) is 5.10 Å². The highest BCUT2D eigenvalue weighted by molar-refractivity contribution is 5.82. The van der Waals surface area contributed by atoms with E-state index in [0.29, 0.717) is 0 Å². The monoisotopic (exact) mass is 313 g/mol. The molecule has 0 aliphatic rings. The van der Waals surface area contributed by atoms with Crippen LogP contribution in [0.1, 0.15) is 5.56 Å². The van der Waals surface area contributed by atoms with Crippen molar-refractivity contribution in [3.05, 3.63) is 84.9 Å². The molecule has 0 saturated heterocycles. The van der Waals surface area contributed by atoms with Crippen molar-refractivity contribution < 1.29 is 0 Å². The number of benzene rings is 2. The first-order valence-corrected chi connectivity index (χ1v) is 7.62. The van der Waals surface area contributed by atoms with Crippen molar-refractivity contribution in [2.75, 3.05) is 5.43 Å². The van der Waals surface area contributed by atoms with E-state index in [-0.39, 0.29) is 0 Å². The molecule has 0 bridgehead atoms. The van der Waals surface area contributed by atoms with Gasteiger partial charge in [0.1, 0.15) is 5.82 Å². The lowest BCUT2D eigenvalue weighted by Crippen LogP contribution is -1.94. The molecule has 0 amide bonds. The van der Waals surface area contributed by atoms with Crippen LogP contribution in [-0.2, 0) is 0 Å². The molecule has 0 atom stereocenters. The second kappa shape index (κ2) is 6.34. The molecule has 4 rings (SSSR count). The molecule has 5 heteroatoms.